The molecule has 1 heterocycles. The van der Waals surface area contributed by atoms with Crippen LogP contribution in [0.2, 0.25) is 0 Å². The molecule has 2 N–H and O–H groups in total. The number of carbonyl (C=O) groups excluding carboxylic acids is 1. The van der Waals surface area contributed by atoms with Crippen molar-refractivity contribution in [2.75, 3.05) is 0 Å². The van der Waals surface area contributed by atoms with E-state index < -0.39 is 12.0 Å². The van der Waals surface area contributed by atoms with Crippen LogP contribution < -0.4 is 5.32 Å². The Balaban J connectivity index is 2.02. The van der Waals surface area contributed by atoms with Crippen LogP contribution in [0, 0.1) is 0 Å². The molecule has 1 atom stereocenters. The molecule has 124 valence electrons. The quantitative estimate of drug-likeness (QED) is 0.829. The van der Waals surface area contributed by atoms with Crippen LogP contribution in [0.15, 0.2) is 36.4 Å². The summed E-state index contributed by atoms with van der Waals surface area (Å²) < 4.78 is 0. The molecule has 5 heteroatoms. The lowest BCUT2D eigenvalue weighted by Gasteiger charge is -2.16. The van der Waals surface area contributed by atoms with E-state index in [0.29, 0.717) is 5.56 Å². The fraction of sp³-hybridized carbons (Fsp3) is 0.316. The second-order valence-electron chi connectivity index (χ2n) is 5.95. The van der Waals surface area contributed by atoms with Crippen LogP contribution in [0.4, 0.5) is 0 Å². The van der Waals surface area contributed by atoms with Crippen molar-refractivity contribution in [2.45, 2.75) is 38.6 Å². The van der Waals surface area contributed by atoms with Crippen molar-refractivity contribution >= 4 is 22.8 Å². The number of fused-ring (bicyclic) bond motifs is 2. The van der Waals surface area contributed by atoms with Crippen LogP contribution in [-0.4, -0.2) is 28.0 Å². The van der Waals surface area contributed by atoms with E-state index in [1.165, 1.54) is 0 Å². The van der Waals surface area contributed by atoms with Gasteiger partial charge < -0.3 is 10.4 Å². The Morgan fingerprint density at radius 1 is 1.33 bits per heavy atom. The molecule has 1 unspecified atom stereocenters. The van der Waals surface area contributed by atoms with E-state index in [-0.39, 0.29) is 12.3 Å². The molecule has 2 aromatic rings. The minimum atomic E-state index is -1.03. The second kappa shape index (κ2) is 6.83. The Hall–Kier alpha value is -2.69. The van der Waals surface area contributed by atoms with Gasteiger partial charge >= 0.3 is 5.97 Å². The summed E-state index contributed by atoms with van der Waals surface area (Å²) in [6.45, 7) is 1.82. The van der Waals surface area contributed by atoms with Crippen molar-refractivity contribution in [2.24, 2.45) is 0 Å². The third-order valence-electron chi connectivity index (χ3n) is 4.36. The van der Waals surface area contributed by atoms with Gasteiger partial charge in [0.05, 0.1) is 11.1 Å². The number of nitrogens with zero attached hydrogens (tertiary/aromatic N) is 1. The lowest BCUT2D eigenvalue weighted by atomic mass is 10.00. The molecule has 1 aromatic heterocycles. The topological polar surface area (TPSA) is 79.3 Å². The first-order chi connectivity index (χ1) is 11.6. The first kappa shape index (κ1) is 16.2. The molecule has 24 heavy (non-hydrogen) atoms. The number of nitrogens with one attached hydrogen (secondary N) is 1. The Kier molecular flexibility index (Phi) is 4.60. The van der Waals surface area contributed by atoms with Gasteiger partial charge in [-0.05, 0) is 44.2 Å². The monoisotopic (exact) mass is 324 g/mol. The van der Waals surface area contributed by atoms with Crippen LogP contribution in [-0.2, 0) is 17.6 Å². The zero-order chi connectivity index (χ0) is 17.1. The summed E-state index contributed by atoms with van der Waals surface area (Å²) in [6.07, 6.45) is 6.43. The molecule has 1 amide bonds. The normalized spacial score (nSPS) is 14.7. The van der Waals surface area contributed by atoms with E-state index in [1.54, 1.807) is 12.2 Å². The third kappa shape index (κ3) is 3.02. The maximum Gasteiger partial charge on any atom is 0.326 e. The summed E-state index contributed by atoms with van der Waals surface area (Å²) in [5.41, 5.74) is 3.28. The average molecular weight is 324 g/mol. The molecular formula is C19H20N2O3. The predicted molar refractivity (Wildman–Crippen MR) is 92.1 cm³/mol. The molecule has 0 radical (unpaired) electrons. The van der Waals surface area contributed by atoms with Crippen molar-refractivity contribution in [1.29, 1.82) is 0 Å². The van der Waals surface area contributed by atoms with Crippen molar-refractivity contribution in [1.82, 2.24) is 10.3 Å². The van der Waals surface area contributed by atoms with Gasteiger partial charge in [0, 0.05) is 11.1 Å². The van der Waals surface area contributed by atoms with Gasteiger partial charge in [0.15, 0.2) is 0 Å². The summed E-state index contributed by atoms with van der Waals surface area (Å²) >= 11 is 0. The van der Waals surface area contributed by atoms with E-state index in [0.717, 1.165) is 41.4 Å². The van der Waals surface area contributed by atoms with Crippen LogP contribution in [0.3, 0.4) is 0 Å². The van der Waals surface area contributed by atoms with E-state index >= 15 is 0 Å². The smallest absolute Gasteiger partial charge is 0.326 e. The first-order valence-electron chi connectivity index (χ1n) is 8.17. The number of aryl methyl sites for hydroxylation is 1. The number of aromatic nitrogens is 1. The number of carboxylic acids is 1. The summed E-state index contributed by atoms with van der Waals surface area (Å²) in [5, 5.41) is 12.8. The van der Waals surface area contributed by atoms with Gasteiger partial charge in [-0.3, -0.25) is 9.78 Å². The molecule has 0 saturated carbocycles. The molecule has 5 nitrogen and oxygen atoms in total. The van der Waals surface area contributed by atoms with Crippen LogP contribution in [0.1, 0.15) is 41.4 Å². The Labute approximate surface area is 140 Å². The number of carboxylic acid groups (broad SMARTS) is 1. The summed E-state index contributed by atoms with van der Waals surface area (Å²) in [6, 6.07) is 6.59. The Bertz CT molecular complexity index is 827. The molecule has 1 aromatic carbocycles. The maximum absolute atomic E-state index is 12.9. The first-order valence-corrected chi connectivity index (χ1v) is 8.17. The molecule has 0 spiro atoms. The van der Waals surface area contributed by atoms with Gasteiger partial charge in [0.2, 0.25) is 0 Å². The summed E-state index contributed by atoms with van der Waals surface area (Å²) in [7, 11) is 0. The molecule has 0 aliphatic heterocycles. The standard InChI is InChI=1S/C19H20N2O3/c1-2-3-9-16(19(23)24)21-18(22)17-12-7-4-5-10-14(12)20-15-11-6-8-13(15)17/h2-5,7,10,16H,6,8-9,11H2,1H3,(H,21,22)(H,23,24)/b3-2+. The minimum Gasteiger partial charge on any atom is -0.480 e. The van der Waals surface area contributed by atoms with Crippen LogP contribution >= 0.6 is 0 Å². The van der Waals surface area contributed by atoms with Gasteiger partial charge in [-0.1, -0.05) is 30.4 Å². The number of aliphatic carboxylic acids is 1. The molecular weight excluding hydrogens is 304 g/mol. The molecule has 0 saturated heterocycles. The Morgan fingerprint density at radius 3 is 2.88 bits per heavy atom. The number of hydrogen-bond acceptors (Lipinski definition) is 3. The van der Waals surface area contributed by atoms with E-state index in [1.807, 2.05) is 31.2 Å². The van der Waals surface area contributed by atoms with E-state index in [2.05, 4.69) is 10.3 Å². The van der Waals surface area contributed by atoms with E-state index in [9.17, 15) is 14.7 Å². The van der Waals surface area contributed by atoms with Crippen molar-refractivity contribution in [3.63, 3.8) is 0 Å². The van der Waals surface area contributed by atoms with Gasteiger partial charge in [-0.2, -0.15) is 0 Å². The van der Waals surface area contributed by atoms with Crippen LogP contribution in [0.25, 0.3) is 10.9 Å². The summed E-state index contributed by atoms with van der Waals surface area (Å²) in [4.78, 5) is 28.9. The molecule has 1 aliphatic carbocycles. The highest BCUT2D eigenvalue weighted by molar-refractivity contribution is 6.08. The van der Waals surface area contributed by atoms with Crippen molar-refractivity contribution in [3.8, 4) is 0 Å². The van der Waals surface area contributed by atoms with Gasteiger partial charge in [-0.25, -0.2) is 4.79 Å². The van der Waals surface area contributed by atoms with Gasteiger partial charge in [-0.15, -0.1) is 0 Å². The van der Waals surface area contributed by atoms with Gasteiger partial charge in [0.25, 0.3) is 5.91 Å². The highest BCUT2D eigenvalue weighted by atomic mass is 16.4. The average Bonchev–Trinajstić information content (AvgIpc) is 3.03. The van der Waals surface area contributed by atoms with Gasteiger partial charge in [0.1, 0.15) is 6.04 Å². The van der Waals surface area contributed by atoms with Crippen molar-refractivity contribution < 1.29 is 14.7 Å². The number of allylic oxidation sites excluding steroid dienone is 1. The molecule has 0 fully saturated rings. The highest BCUT2D eigenvalue weighted by Crippen LogP contribution is 2.30. The molecule has 1 aliphatic rings. The largest absolute Gasteiger partial charge is 0.480 e. The maximum atomic E-state index is 12.9. The highest BCUT2D eigenvalue weighted by Gasteiger charge is 2.26. The second-order valence-corrected chi connectivity index (χ2v) is 5.95. The summed E-state index contributed by atoms with van der Waals surface area (Å²) in [5.74, 6) is -1.36. The Morgan fingerprint density at radius 2 is 2.12 bits per heavy atom. The number of pyridine rings is 1. The third-order valence-corrected chi connectivity index (χ3v) is 4.36. The number of rotatable bonds is 5. The lowest BCUT2D eigenvalue weighted by molar-refractivity contribution is -0.139. The predicted octanol–water partition coefficient (Wildman–Crippen LogP) is 2.87. The number of carbonyl (C=O) groups is 2. The minimum absolute atomic E-state index is 0.267. The molecule has 0 bridgehead atoms. The number of hydrogen-bond donors (Lipinski definition) is 2. The van der Waals surface area contributed by atoms with Crippen LogP contribution in [0.5, 0.6) is 0 Å². The zero-order valence-corrected chi connectivity index (χ0v) is 13.6. The molecule has 3 rings (SSSR count). The fourth-order valence-corrected chi connectivity index (χ4v) is 3.19. The lowest BCUT2D eigenvalue weighted by Crippen LogP contribution is -2.40. The SMILES string of the molecule is C/C=C/CC(NC(=O)c1c2c(nc3ccccc13)CCC2)C(=O)O. The zero-order valence-electron chi connectivity index (χ0n) is 13.6. The fourth-order valence-electron chi connectivity index (χ4n) is 3.19. The van der Waals surface area contributed by atoms with E-state index in [4.69, 9.17) is 0 Å². The number of benzene rings is 1. The van der Waals surface area contributed by atoms with Crippen molar-refractivity contribution in [3.05, 3.63) is 53.2 Å². The number of amides is 1. The number of para-hydroxylation sites is 1.